The largest absolute Gasteiger partial charge is 0.507 e. The maximum absolute atomic E-state index is 11.3. The van der Waals surface area contributed by atoms with Crippen LogP contribution in [0.15, 0.2) is 36.4 Å². The lowest BCUT2D eigenvalue weighted by Crippen LogP contribution is -1.95. The van der Waals surface area contributed by atoms with E-state index in [2.05, 4.69) is 0 Å². The molecule has 32 heavy (non-hydrogen) atoms. The van der Waals surface area contributed by atoms with Crippen molar-refractivity contribution >= 4 is 21.5 Å². The van der Waals surface area contributed by atoms with Crippen LogP contribution in [0.25, 0.3) is 32.7 Å². The minimum atomic E-state index is -0.00894. The number of phenolic OH excluding ortho intramolecular Hbond substituents is 2. The maximum Gasteiger partial charge on any atom is 0.135 e. The van der Waals surface area contributed by atoms with Gasteiger partial charge in [-0.25, -0.2) is 0 Å². The number of ether oxygens (including phenoxy) is 4. The second kappa shape index (κ2) is 8.04. The third-order valence-corrected chi connectivity index (χ3v) is 5.89. The molecule has 0 aliphatic carbocycles. The van der Waals surface area contributed by atoms with Gasteiger partial charge in [0.15, 0.2) is 0 Å². The maximum atomic E-state index is 11.3. The number of fused-ring (bicyclic) bond motifs is 2. The van der Waals surface area contributed by atoms with Crippen molar-refractivity contribution in [2.75, 3.05) is 28.4 Å². The molecule has 0 saturated heterocycles. The molecule has 0 aromatic heterocycles. The quantitative estimate of drug-likeness (QED) is 0.418. The van der Waals surface area contributed by atoms with Crippen molar-refractivity contribution in [3.8, 4) is 45.6 Å². The molecule has 0 aliphatic heterocycles. The monoisotopic (exact) mass is 434 g/mol. The predicted molar refractivity (Wildman–Crippen MR) is 126 cm³/mol. The van der Waals surface area contributed by atoms with E-state index in [1.807, 2.05) is 38.1 Å². The molecule has 4 aromatic rings. The molecule has 0 amide bonds. The second-order valence-electron chi connectivity index (χ2n) is 7.63. The zero-order valence-electron chi connectivity index (χ0n) is 19.0. The van der Waals surface area contributed by atoms with E-state index in [1.54, 1.807) is 40.6 Å². The van der Waals surface area contributed by atoms with Gasteiger partial charge in [0.05, 0.1) is 39.2 Å². The molecule has 4 aromatic carbocycles. The van der Waals surface area contributed by atoms with Crippen molar-refractivity contribution in [3.63, 3.8) is 0 Å². The number of phenols is 2. The minimum Gasteiger partial charge on any atom is -0.507 e. The Morgan fingerprint density at radius 3 is 1.25 bits per heavy atom. The number of aryl methyl sites for hydroxylation is 2. The molecule has 6 nitrogen and oxygen atoms in total. The van der Waals surface area contributed by atoms with Gasteiger partial charge >= 0.3 is 0 Å². The summed E-state index contributed by atoms with van der Waals surface area (Å²) < 4.78 is 22.2. The van der Waals surface area contributed by atoms with E-state index in [-0.39, 0.29) is 11.5 Å². The molecule has 6 heteroatoms. The summed E-state index contributed by atoms with van der Waals surface area (Å²) in [6, 6.07) is 10.9. The molecule has 166 valence electrons. The Morgan fingerprint density at radius 1 is 0.562 bits per heavy atom. The van der Waals surface area contributed by atoms with Crippen molar-refractivity contribution in [3.05, 3.63) is 47.5 Å². The molecule has 2 N–H and O–H groups in total. The standard InChI is InChI=1S/C26H26O6/c1-13-11-19(29-3)21-17(25(13)31-5)9-7-15(23(21)27)16-8-10-18-22(24(16)28)20(30-4)12-14(2)26(18)32-6/h7-12,27-28H,1-6H3. The molecule has 4 rings (SSSR count). The zero-order valence-corrected chi connectivity index (χ0v) is 19.0. The Morgan fingerprint density at radius 2 is 0.938 bits per heavy atom. The van der Waals surface area contributed by atoms with Crippen LogP contribution >= 0.6 is 0 Å². The van der Waals surface area contributed by atoms with Gasteiger partial charge in [-0.15, -0.1) is 0 Å². The van der Waals surface area contributed by atoms with Gasteiger partial charge in [0.25, 0.3) is 0 Å². The van der Waals surface area contributed by atoms with Crippen molar-refractivity contribution in [1.29, 1.82) is 0 Å². The Balaban J connectivity index is 2.08. The average Bonchev–Trinajstić information content (AvgIpc) is 2.78. The summed E-state index contributed by atoms with van der Waals surface area (Å²) in [4.78, 5) is 0. The van der Waals surface area contributed by atoms with Crippen LogP contribution in [0.2, 0.25) is 0 Å². The van der Waals surface area contributed by atoms with Crippen molar-refractivity contribution < 1.29 is 29.2 Å². The Kier molecular flexibility index (Phi) is 5.38. The molecule has 0 heterocycles. The van der Waals surface area contributed by atoms with Crippen molar-refractivity contribution in [1.82, 2.24) is 0 Å². The van der Waals surface area contributed by atoms with Gasteiger partial charge in [-0.2, -0.15) is 0 Å². The predicted octanol–water partition coefficient (Wildman–Crippen LogP) is 5.72. The molecule has 0 unspecified atom stereocenters. The van der Waals surface area contributed by atoms with E-state index in [0.29, 0.717) is 44.9 Å². The van der Waals surface area contributed by atoms with Crippen LogP contribution in [0.5, 0.6) is 34.5 Å². The van der Waals surface area contributed by atoms with Gasteiger partial charge in [-0.3, -0.25) is 0 Å². The SMILES string of the molecule is COc1c(C)cc(OC)c2c(O)c(-c3ccc4c(OC)c(C)cc(OC)c4c3O)ccc12. The minimum absolute atomic E-state index is 0.00894. The lowest BCUT2D eigenvalue weighted by atomic mass is 9.93. The highest BCUT2D eigenvalue weighted by Gasteiger charge is 2.22. The molecule has 0 atom stereocenters. The number of methoxy groups -OCH3 is 4. The summed E-state index contributed by atoms with van der Waals surface area (Å²) in [7, 11) is 6.30. The van der Waals surface area contributed by atoms with Gasteiger partial charge in [0.2, 0.25) is 0 Å². The number of hydrogen-bond acceptors (Lipinski definition) is 6. The van der Waals surface area contributed by atoms with E-state index < -0.39 is 0 Å². The normalized spacial score (nSPS) is 11.1. The first-order valence-corrected chi connectivity index (χ1v) is 10.1. The third kappa shape index (κ3) is 3.02. The van der Waals surface area contributed by atoms with Gasteiger partial charge < -0.3 is 29.2 Å². The number of aromatic hydroxyl groups is 2. The van der Waals surface area contributed by atoms with Gasteiger partial charge in [0, 0.05) is 21.9 Å². The highest BCUT2D eigenvalue weighted by atomic mass is 16.5. The molecular weight excluding hydrogens is 408 g/mol. The van der Waals surface area contributed by atoms with Crippen molar-refractivity contribution in [2.45, 2.75) is 13.8 Å². The van der Waals surface area contributed by atoms with Crippen LogP contribution in [0.3, 0.4) is 0 Å². The van der Waals surface area contributed by atoms with Crippen molar-refractivity contribution in [2.24, 2.45) is 0 Å². The fourth-order valence-corrected chi connectivity index (χ4v) is 4.45. The Hall–Kier alpha value is -3.80. The summed E-state index contributed by atoms with van der Waals surface area (Å²) in [5, 5.41) is 25.1. The summed E-state index contributed by atoms with van der Waals surface area (Å²) >= 11 is 0. The average molecular weight is 434 g/mol. The number of hydrogen-bond donors (Lipinski definition) is 2. The molecule has 0 radical (unpaired) electrons. The van der Waals surface area contributed by atoms with Crippen LogP contribution in [0.1, 0.15) is 11.1 Å². The van der Waals surface area contributed by atoms with Gasteiger partial charge in [0.1, 0.15) is 34.5 Å². The van der Waals surface area contributed by atoms with E-state index in [0.717, 1.165) is 21.9 Å². The number of benzene rings is 4. The summed E-state index contributed by atoms with van der Waals surface area (Å²) in [5.41, 5.74) is 2.71. The smallest absolute Gasteiger partial charge is 0.135 e. The molecule has 0 spiro atoms. The fourth-order valence-electron chi connectivity index (χ4n) is 4.45. The molecule has 0 bridgehead atoms. The van der Waals surface area contributed by atoms with Crippen LogP contribution in [0.4, 0.5) is 0 Å². The third-order valence-electron chi connectivity index (χ3n) is 5.89. The lowest BCUT2D eigenvalue weighted by molar-refractivity contribution is 0.405. The summed E-state index contributed by atoms with van der Waals surface area (Å²) in [6.45, 7) is 3.84. The highest BCUT2D eigenvalue weighted by Crippen LogP contribution is 2.50. The van der Waals surface area contributed by atoms with E-state index in [4.69, 9.17) is 18.9 Å². The zero-order chi connectivity index (χ0) is 23.2. The van der Waals surface area contributed by atoms with Crippen LogP contribution < -0.4 is 18.9 Å². The highest BCUT2D eigenvalue weighted by molar-refractivity contribution is 6.07. The fraction of sp³-hybridized carbons (Fsp3) is 0.231. The Labute approximate surface area is 186 Å². The molecule has 0 fully saturated rings. The molecule has 0 saturated carbocycles. The summed E-state index contributed by atoms with van der Waals surface area (Å²) in [6.07, 6.45) is 0. The Bertz CT molecular complexity index is 1250. The summed E-state index contributed by atoms with van der Waals surface area (Å²) in [5.74, 6) is 2.34. The first-order valence-electron chi connectivity index (χ1n) is 10.1. The van der Waals surface area contributed by atoms with Crippen LogP contribution in [-0.2, 0) is 0 Å². The molecular formula is C26H26O6. The molecule has 0 aliphatic rings. The van der Waals surface area contributed by atoms with E-state index in [9.17, 15) is 10.2 Å². The number of rotatable bonds is 5. The van der Waals surface area contributed by atoms with Gasteiger partial charge in [-0.1, -0.05) is 0 Å². The first kappa shape index (κ1) is 21.4. The van der Waals surface area contributed by atoms with Crippen LogP contribution in [-0.4, -0.2) is 38.7 Å². The second-order valence-corrected chi connectivity index (χ2v) is 7.63. The van der Waals surface area contributed by atoms with E-state index >= 15 is 0 Å². The van der Waals surface area contributed by atoms with E-state index in [1.165, 1.54) is 0 Å². The first-order chi connectivity index (χ1) is 15.4. The topological polar surface area (TPSA) is 77.4 Å². The van der Waals surface area contributed by atoms with Crippen LogP contribution in [0, 0.1) is 13.8 Å². The lowest BCUT2D eigenvalue weighted by Gasteiger charge is -2.18. The van der Waals surface area contributed by atoms with Gasteiger partial charge in [-0.05, 0) is 61.4 Å².